The molecule has 0 aliphatic carbocycles. The molecular weight excluding hydrogens is 236 g/mol. The van der Waals surface area contributed by atoms with Crippen molar-refractivity contribution in [2.75, 3.05) is 25.1 Å². The van der Waals surface area contributed by atoms with Crippen LogP contribution in [0.5, 0.6) is 0 Å². The van der Waals surface area contributed by atoms with Crippen molar-refractivity contribution in [1.29, 1.82) is 0 Å². The van der Waals surface area contributed by atoms with Crippen LogP contribution in [0, 0.1) is 5.92 Å². The van der Waals surface area contributed by atoms with E-state index in [4.69, 9.17) is 4.74 Å². The van der Waals surface area contributed by atoms with Gasteiger partial charge in [0.25, 0.3) is 0 Å². The molecule has 1 atom stereocenters. The van der Waals surface area contributed by atoms with E-state index in [0.29, 0.717) is 17.4 Å². The monoisotopic (exact) mass is 254 g/mol. The fourth-order valence-electron chi connectivity index (χ4n) is 2.18. The molecule has 17 heavy (non-hydrogen) atoms. The Morgan fingerprint density at radius 3 is 3.12 bits per heavy atom. The molecule has 1 fully saturated rings. The number of aromatic nitrogens is 1. The first-order chi connectivity index (χ1) is 8.24. The molecule has 0 bridgehead atoms. The standard InChI is InChI=1S/C12H18N2O2S/c1-9-4-3-5-14(6-9)12-13-10(8-16-2)11(7-15)17-12/h7,9H,3-6,8H2,1-2H3. The van der Waals surface area contributed by atoms with Gasteiger partial charge in [-0.3, -0.25) is 4.79 Å². The number of thiazole rings is 1. The Morgan fingerprint density at radius 2 is 2.47 bits per heavy atom. The summed E-state index contributed by atoms with van der Waals surface area (Å²) in [4.78, 5) is 18.5. The number of aldehydes is 1. The van der Waals surface area contributed by atoms with Crippen LogP contribution < -0.4 is 4.90 Å². The molecule has 0 saturated carbocycles. The highest BCUT2D eigenvalue weighted by Crippen LogP contribution is 2.29. The molecule has 0 radical (unpaired) electrons. The van der Waals surface area contributed by atoms with Gasteiger partial charge in [-0.05, 0) is 18.8 Å². The number of anilines is 1. The van der Waals surface area contributed by atoms with Gasteiger partial charge in [0.15, 0.2) is 11.4 Å². The minimum atomic E-state index is 0.411. The van der Waals surface area contributed by atoms with Crippen LogP contribution in [0.2, 0.25) is 0 Å². The third-order valence-corrected chi connectivity index (χ3v) is 4.12. The summed E-state index contributed by atoms with van der Waals surface area (Å²) in [5.74, 6) is 0.707. The SMILES string of the molecule is COCc1nc(N2CCCC(C)C2)sc1C=O. The summed E-state index contributed by atoms with van der Waals surface area (Å²) in [7, 11) is 1.62. The van der Waals surface area contributed by atoms with Crippen LogP contribution in [0.15, 0.2) is 0 Å². The average Bonchev–Trinajstić information content (AvgIpc) is 2.73. The highest BCUT2D eigenvalue weighted by Gasteiger charge is 2.21. The second kappa shape index (κ2) is 5.60. The lowest BCUT2D eigenvalue weighted by atomic mass is 10.0. The van der Waals surface area contributed by atoms with Crippen molar-refractivity contribution < 1.29 is 9.53 Å². The summed E-state index contributed by atoms with van der Waals surface area (Å²) in [5, 5.41) is 0.964. The van der Waals surface area contributed by atoms with Crippen LogP contribution in [-0.4, -0.2) is 31.5 Å². The number of nitrogens with zero attached hydrogens (tertiary/aromatic N) is 2. The van der Waals surface area contributed by atoms with E-state index in [1.807, 2.05) is 0 Å². The molecule has 2 heterocycles. The zero-order chi connectivity index (χ0) is 12.3. The molecule has 4 nitrogen and oxygen atoms in total. The van der Waals surface area contributed by atoms with Crippen molar-refractivity contribution in [3.8, 4) is 0 Å². The zero-order valence-corrected chi connectivity index (χ0v) is 11.1. The van der Waals surface area contributed by atoms with Gasteiger partial charge in [-0.1, -0.05) is 18.3 Å². The lowest BCUT2D eigenvalue weighted by molar-refractivity contribution is 0.112. The van der Waals surface area contributed by atoms with Crippen molar-refractivity contribution >= 4 is 22.8 Å². The topological polar surface area (TPSA) is 42.4 Å². The third kappa shape index (κ3) is 2.84. The van der Waals surface area contributed by atoms with E-state index in [9.17, 15) is 4.79 Å². The van der Waals surface area contributed by atoms with Crippen LogP contribution in [0.3, 0.4) is 0 Å². The molecule has 1 aromatic rings. The lowest BCUT2D eigenvalue weighted by Crippen LogP contribution is -2.34. The third-order valence-electron chi connectivity index (χ3n) is 3.03. The largest absolute Gasteiger partial charge is 0.378 e. The van der Waals surface area contributed by atoms with E-state index in [0.717, 1.165) is 30.2 Å². The Morgan fingerprint density at radius 1 is 1.65 bits per heavy atom. The summed E-state index contributed by atoms with van der Waals surface area (Å²) in [5.41, 5.74) is 0.765. The second-order valence-corrected chi connectivity index (χ2v) is 5.56. The van der Waals surface area contributed by atoms with Gasteiger partial charge in [-0.2, -0.15) is 0 Å². The number of piperidine rings is 1. The van der Waals surface area contributed by atoms with Gasteiger partial charge < -0.3 is 9.64 Å². The summed E-state index contributed by atoms with van der Waals surface area (Å²) in [6.45, 7) is 4.76. The van der Waals surface area contributed by atoms with Crippen molar-refractivity contribution in [3.63, 3.8) is 0 Å². The molecular formula is C12H18N2O2S. The summed E-state index contributed by atoms with van der Waals surface area (Å²) in [6, 6.07) is 0. The Hall–Kier alpha value is -0.940. The van der Waals surface area contributed by atoms with Gasteiger partial charge in [-0.15, -0.1) is 0 Å². The van der Waals surface area contributed by atoms with Crippen LogP contribution in [0.1, 0.15) is 35.1 Å². The van der Waals surface area contributed by atoms with Crippen molar-refractivity contribution in [1.82, 2.24) is 4.98 Å². The normalized spacial score (nSPS) is 20.6. The van der Waals surface area contributed by atoms with Gasteiger partial charge in [0.05, 0.1) is 17.2 Å². The van der Waals surface area contributed by atoms with Crippen molar-refractivity contribution in [2.24, 2.45) is 5.92 Å². The molecule has 1 aromatic heterocycles. The maximum absolute atomic E-state index is 11.0. The Bertz CT molecular complexity index is 392. The van der Waals surface area contributed by atoms with Gasteiger partial charge >= 0.3 is 0 Å². The highest BCUT2D eigenvalue weighted by atomic mass is 32.1. The van der Waals surface area contributed by atoms with E-state index in [1.54, 1.807) is 7.11 Å². The quantitative estimate of drug-likeness (QED) is 0.773. The minimum Gasteiger partial charge on any atom is -0.378 e. The molecule has 0 aromatic carbocycles. The van der Waals surface area contributed by atoms with E-state index >= 15 is 0 Å². The second-order valence-electron chi connectivity index (χ2n) is 4.55. The van der Waals surface area contributed by atoms with E-state index in [-0.39, 0.29) is 0 Å². The molecule has 5 heteroatoms. The first-order valence-electron chi connectivity index (χ1n) is 5.93. The molecule has 1 aliphatic heterocycles. The molecule has 1 unspecified atom stereocenters. The molecule has 94 valence electrons. The molecule has 0 N–H and O–H groups in total. The average molecular weight is 254 g/mol. The Labute approximate surface area is 106 Å². The van der Waals surface area contributed by atoms with Gasteiger partial charge in [0.2, 0.25) is 0 Å². The van der Waals surface area contributed by atoms with E-state index in [2.05, 4.69) is 16.8 Å². The molecule has 0 spiro atoms. The highest BCUT2D eigenvalue weighted by molar-refractivity contribution is 7.17. The maximum Gasteiger partial charge on any atom is 0.186 e. The summed E-state index contributed by atoms with van der Waals surface area (Å²) >= 11 is 1.47. The van der Waals surface area contributed by atoms with E-state index in [1.165, 1.54) is 24.2 Å². The zero-order valence-electron chi connectivity index (χ0n) is 10.3. The van der Waals surface area contributed by atoms with Crippen LogP contribution >= 0.6 is 11.3 Å². The molecule has 0 amide bonds. The van der Waals surface area contributed by atoms with Crippen molar-refractivity contribution in [2.45, 2.75) is 26.4 Å². The lowest BCUT2D eigenvalue weighted by Gasteiger charge is -2.30. The summed E-state index contributed by atoms with van der Waals surface area (Å²) < 4.78 is 5.06. The number of carbonyl (C=O) groups excluding carboxylic acids is 1. The smallest absolute Gasteiger partial charge is 0.186 e. The van der Waals surface area contributed by atoms with Crippen LogP contribution in [0.25, 0.3) is 0 Å². The predicted molar refractivity (Wildman–Crippen MR) is 68.8 cm³/mol. The fourth-order valence-corrected chi connectivity index (χ4v) is 3.10. The van der Waals surface area contributed by atoms with Gasteiger partial charge in [-0.25, -0.2) is 4.98 Å². The fraction of sp³-hybridized carbons (Fsp3) is 0.667. The van der Waals surface area contributed by atoms with E-state index < -0.39 is 0 Å². The first kappa shape index (κ1) is 12.5. The number of rotatable bonds is 4. The number of hydrogen-bond acceptors (Lipinski definition) is 5. The van der Waals surface area contributed by atoms with Crippen LogP contribution in [-0.2, 0) is 11.3 Å². The number of carbonyl (C=O) groups is 1. The molecule has 2 rings (SSSR count). The predicted octanol–water partition coefficient (Wildman–Crippen LogP) is 2.34. The Balaban J connectivity index is 2.17. The van der Waals surface area contributed by atoms with Gasteiger partial charge in [0, 0.05) is 20.2 Å². The Kier molecular flexibility index (Phi) is 4.12. The van der Waals surface area contributed by atoms with Gasteiger partial charge in [0.1, 0.15) is 0 Å². The van der Waals surface area contributed by atoms with Crippen molar-refractivity contribution in [3.05, 3.63) is 10.6 Å². The molecule has 1 aliphatic rings. The minimum absolute atomic E-state index is 0.411. The molecule has 1 saturated heterocycles. The maximum atomic E-state index is 11.0. The summed E-state index contributed by atoms with van der Waals surface area (Å²) in [6.07, 6.45) is 3.37. The number of ether oxygens (including phenoxy) is 1. The number of methoxy groups -OCH3 is 1. The number of hydrogen-bond donors (Lipinski definition) is 0. The first-order valence-corrected chi connectivity index (χ1v) is 6.75. The van der Waals surface area contributed by atoms with Crippen LogP contribution in [0.4, 0.5) is 5.13 Å².